The first-order valence-corrected chi connectivity index (χ1v) is 11.4. The fourth-order valence-corrected chi connectivity index (χ4v) is 4.02. The lowest BCUT2D eigenvalue weighted by atomic mass is 10.1. The van der Waals surface area contributed by atoms with Crippen LogP contribution < -0.4 is 10.6 Å². The Bertz CT molecular complexity index is 1270. The van der Waals surface area contributed by atoms with Crippen molar-refractivity contribution < 1.29 is 4.79 Å². The molecular weight excluding hydrogens is 424 g/mol. The molecule has 7 heteroatoms. The molecule has 0 bridgehead atoms. The molecule has 0 aliphatic carbocycles. The Kier molecular flexibility index (Phi) is 6.72. The molecule has 0 saturated carbocycles. The molecule has 2 N–H and O–H groups in total. The summed E-state index contributed by atoms with van der Waals surface area (Å²) in [5.74, 6) is 0.433. The zero-order valence-corrected chi connectivity index (χ0v) is 20.3. The SMILES string of the molecule is Cc1cc(C)nc(-n2nc(C)c(CC(=O)Nc3ccc(NC(C)c4ccccc4)cc3)c2C)n1. The van der Waals surface area contributed by atoms with Gasteiger partial charge in [-0.05, 0) is 70.5 Å². The molecule has 1 amide bonds. The number of nitrogens with zero attached hydrogens (tertiary/aromatic N) is 4. The van der Waals surface area contributed by atoms with Gasteiger partial charge in [-0.25, -0.2) is 14.6 Å². The lowest BCUT2D eigenvalue weighted by molar-refractivity contribution is -0.115. The van der Waals surface area contributed by atoms with Gasteiger partial charge >= 0.3 is 0 Å². The van der Waals surface area contributed by atoms with E-state index in [-0.39, 0.29) is 18.4 Å². The zero-order valence-electron chi connectivity index (χ0n) is 20.3. The summed E-state index contributed by atoms with van der Waals surface area (Å²) in [6.45, 7) is 9.84. The van der Waals surface area contributed by atoms with E-state index < -0.39 is 0 Å². The Morgan fingerprint density at radius 2 is 1.53 bits per heavy atom. The summed E-state index contributed by atoms with van der Waals surface area (Å²) in [5, 5.41) is 11.1. The first-order chi connectivity index (χ1) is 16.3. The molecule has 174 valence electrons. The molecule has 0 spiro atoms. The molecular formula is C27H30N6O. The summed E-state index contributed by atoms with van der Waals surface area (Å²) < 4.78 is 1.71. The number of amides is 1. The van der Waals surface area contributed by atoms with Gasteiger partial charge in [-0.15, -0.1) is 0 Å². The quantitative estimate of drug-likeness (QED) is 0.398. The summed E-state index contributed by atoms with van der Waals surface area (Å²) in [6, 6.07) is 20.2. The summed E-state index contributed by atoms with van der Waals surface area (Å²) in [4.78, 5) is 21.8. The topological polar surface area (TPSA) is 84.7 Å². The molecule has 7 nitrogen and oxygen atoms in total. The second kappa shape index (κ2) is 9.87. The number of nitrogens with one attached hydrogen (secondary N) is 2. The smallest absolute Gasteiger partial charge is 0.251 e. The van der Waals surface area contributed by atoms with Crippen LogP contribution in [0.3, 0.4) is 0 Å². The lowest BCUT2D eigenvalue weighted by Crippen LogP contribution is -2.15. The van der Waals surface area contributed by atoms with Crippen LogP contribution in [0.5, 0.6) is 0 Å². The van der Waals surface area contributed by atoms with E-state index in [0.717, 1.165) is 39.7 Å². The minimum absolute atomic E-state index is 0.0922. The van der Waals surface area contributed by atoms with Gasteiger partial charge in [0.1, 0.15) is 0 Å². The molecule has 0 aliphatic heterocycles. The Balaban J connectivity index is 1.41. The van der Waals surface area contributed by atoms with E-state index in [2.05, 4.69) is 44.8 Å². The lowest BCUT2D eigenvalue weighted by Gasteiger charge is -2.16. The molecule has 0 fully saturated rings. The minimum atomic E-state index is -0.0922. The normalized spacial score (nSPS) is 11.8. The van der Waals surface area contributed by atoms with E-state index in [1.54, 1.807) is 4.68 Å². The number of rotatable bonds is 7. The molecule has 4 aromatic rings. The van der Waals surface area contributed by atoms with E-state index in [0.29, 0.717) is 5.95 Å². The van der Waals surface area contributed by atoms with Crippen LogP contribution in [0.15, 0.2) is 60.7 Å². The molecule has 1 atom stereocenters. The molecule has 2 aromatic heterocycles. The molecule has 0 aliphatic rings. The summed E-state index contributed by atoms with van der Waals surface area (Å²) >= 11 is 0. The third-order valence-corrected chi connectivity index (χ3v) is 5.79. The fraction of sp³-hybridized carbons (Fsp3) is 0.259. The van der Waals surface area contributed by atoms with Crippen molar-refractivity contribution in [2.75, 3.05) is 10.6 Å². The molecule has 2 aromatic carbocycles. The van der Waals surface area contributed by atoms with Crippen molar-refractivity contribution in [2.24, 2.45) is 0 Å². The van der Waals surface area contributed by atoms with Crippen LogP contribution in [0.1, 0.15) is 46.9 Å². The number of aromatic nitrogens is 4. The zero-order chi connectivity index (χ0) is 24.2. The van der Waals surface area contributed by atoms with Crippen LogP contribution in [0, 0.1) is 27.7 Å². The molecule has 34 heavy (non-hydrogen) atoms. The van der Waals surface area contributed by atoms with Crippen molar-refractivity contribution in [3.05, 3.63) is 94.6 Å². The number of anilines is 2. The molecule has 0 saturated heterocycles. The van der Waals surface area contributed by atoms with Crippen LogP contribution in [0.2, 0.25) is 0 Å². The average molecular weight is 455 g/mol. The predicted molar refractivity (Wildman–Crippen MR) is 135 cm³/mol. The van der Waals surface area contributed by atoms with Gasteiger partial charge in [0.15, 0.2) is 0 Å². The summed E-state index contributed by atoms with van der Waals surface area (Å²) in [6.07, 6.45) is 0.230. The highest BCUT2D eigenvalue weighted by molar-refractivity contribution is 5.92. The van der Waals surface area contributed by atoms with Crippen molar-refractivity contribution >= 4 is 17.3 Å². The number of carbonyl (C=O) groups excluding carboxylic acids is 1. The molecule has 2 heterocycles. The van der Waals surface area contributed by atoms with E-state index in [1.807, 2.05) is 76.2 Å². The Morgan fingerprint density at radius 1 is 0.912 bits per heavy atom. The Morgan fingerprint density at radius 3 is 2.18 bits per heavy atom. The van der Waals surface area contributed by atoms with Crippen molar-refractivity contribution in [3.8, 4) is 5.95 Å². The van der Waals surface area contributed by atoms with Crippen LogP contribution in [-0.4, -0.2) is 25.7 Å². The van der Waals surface area contributed by atoms with Crippen LogP contribution in [0.25, 0.3) is 5.95 Å². The highest BCUT2D eigenvalue weighted by Crippen LogP contribution is 2.22. The first-order valence-electron chi connectivity index (χ1n) is 11.4. The number of hydrogen-bond donors (Lipinski definition) is 2. The van der Waals surface area contributed by atoms with Gasteiger partial charge in [-0.2, -0.15) is 5.10 Å². The van der Waals surface area contributed by atoms with Gasteiger partial charge in [0.25, 0.3) is 5.95 Å². The number of hydrogen-bond acceptors (Lipinski definition) is 5. The van der Waals surface area contributed by atoms with Crippen LogP contribution in [-0.2, 0) is 11.2 Å². The van der Waals surface area contributed by atoms with E-state index in [1.165, 1.54) is 5.56 Å². The monoisotopic (exact) mass is 454 g/mol. The van der Waals surface area contributed by atoms with Gasteiger partial charge in [0.2, 0.25) is 5.91 Å². The average Bonchev–Trinajstić information content (AvgIpc) is 3.08. The van der Waals surface area contributed by atoms with Gasteiger partial charge in [0, 0.05) is 40.1 Å². The predicted octanol–water partition coefficient (Wildman–Crippen LogP) is 5.25. The van der Waals surface area contributed by atoms with Crippen molar-refractivity contribution in [3.63, 3.8) is 0 Å². The maximum atomic E-state index is 12.8. The second-order valence-corrected chi connectivity index (χ2v) is 8.59. The second-order valence-electron chi connectivity index (χ2n) is 8.59. The van der Waals surface area contributed by atoms with Gasteiger partial charge < -0.3 is 10.6 Å². The molecule has 1 unspecified atom stereocenters. The first kappa shape index (κ1) is 23.2. The largest absolute Gasteiger partial charge is 0.379 e. The van der Waals surface area contributed by atoms with Crippen LogP contribution >= 0.6 is 0 Å². The summed E-state index contributed by atoms with van der Waals surface area (Å²) in [5.41, 5.74) is 7.28. The number of benzene rings is 2. The summed E-state index contributed by atoms with van der Waals surface area (Å²) in [7, 11) is 0. The van der Waals surface area contributed by atoms with Crippen LogP contribution in [0.4, 0.5) is 11.4 Å². The van der Waals surface area contributed by atoms with Gasteiger partial charge in [-0.3, -0.25) is 4.79 Å². The maximum absolute atomic E-state index is 12.8. The van der Waals surface area contributed by atoms with E-state index in [4.69, 9.17) is 0 Å². The highest BCUT2D eigenvalue weighted by Gasteiger charge is 2.18. The number of carbonyl (C=O) groups is 1. The highest BCUT2D eigenvalue weighted by atomic mass is 16.1. The van der Waals surface area contributed by atoms with Gasteiger partial charge in [0.05, 0.1) is 12.1 Å². The van der Waals surface area contributed by atoms with E-state index in [9.17, 15) is 4.79 Å². The standard InChI is InChI=1S/C27H30N6O/c1-17-15-18(2)29-27(28-17)33-21(5)25(20(4)32-33)16-26(34)31-24-13-11-23(12-14-24)30-19(3)22-9-7-6-8-10-22/h6-15,19,30H,16H2,1-5H3,(H,31,34). The minimum Gasteiger partial charge on any atom is -0.379 e. The van der Waals surface area contributed by atoms with Crippen molar-refractivity contribution in [1.29, 1.82) is 0 Å². The maximum Gasteiger partial charge on any atom is 0.251 e. The fourth-order valence-electron chi connectivity index (χ4n) is 4.02. The number of aryl methyl sites for hydroxylation is 3. The Labute approximate surface area is 200 Å². The third-order valence-electron chi connectivity index (χ3n) is 5.79. The third kappa shape index (κ3) is 5.31. The van der Waals surface area contributed by atoms with E-state index >= 15 is 0 Å². The van der Waals surface area contributed by atoms with Gasteiger partial charge in [-0.1, -0.05) is 30.3 Å². The Hall–Kier alpha value is -4.00. The molecule has 4 rings (SSSR count). The van der Waals surface area contributed by atoms with Crippen molar-refractivity contribution in [1.82, 2.24) is 19.7 Å². The molecule has 0 radical (unpaired) electrons. The van der Waals surface area contributed by atoms with Crippen molar-refractivity contribution in [2.45, 2.75) is 47.1 Å².